The van der Waals surface area contributed by atoms with E-state index in [0.717, 1.165) is 16.0 Å². The number of allylic oxidation sites excluding steroid dienone is 1. The van der Waals surface area contributed by atoms with Crippen LogP contribution in [0.2, 0.25) is 5.02 Å². The second-order valence-electron chi connectivity index (χ2n) is 5.24. The van der Waals surface area contributed by atoms with Crippen molar-refractivity contribution in [2.45, 2.75) is 13.5 Å². The Labute approximate surface area is 154 Å². The zero-order chi connectivity index (χ0) is 17.8. The minimum Gasteiger partial charge on any atom is -0.492 e. The lowest BCUT2D eigenvalue weighted by Crippen LogP contribution is -2.16. The number of thiazole rings is 1. The minimum atomic E-state index is -0.306. The highest BCUT2D eigenvalue weighted by atomic mass is 35.5. The van der Waals surface area contributed by atoms with Crippen LogP contribution in [-0.2, 0) is 6.54 Å². The van der Waals surface area contributed by atoms with Crippen molar-refractivity contribution in [2.24, 2.45) is 4.99 Å². The van der Waals surface area contributed by atoms with E-state index in [0.29, 0.717) is 28.5 Å². The molecule has 4 nitrogen and oxygen atoms in total. The molecule has 0 aliphatic heterocycles. The lowest BCUT2D eigenvalue weighted by molar-refractivity contribution is 0.0998. The van der Waals surface area contributed by atoms with Crippen LogP contribution in [0.15, 0.2) is 60.1 Å². The van der Waals surface area contributed by atoms with E-state index in [-0.39, 0.29) is 5.91 Å². The summed E-state index contributed by atoms with van der Waals surface area (Å²) in [7, 11) is 0. The fraction of sp³-hybridized carbons (Fsp3) is 0.158. The Bertz CT molecular complexity index is 987. The molecule has 0 saturated carbocycles. The molecule has 0 atom stereocenters. The van der Waals surface area contributed by atoms with Crippen LogP contribution in [0.5, 0.6) is 5.75 Å². The summed E-state index contributed by atoms with van der Waals surface area (Å²) in [6.07, 6.45) is 1.78. The van der Waals surface area contributed by atoms with Crippen molar-refractivity contribution in [3.05, 3.63) is 70.5 Å². The van der Waals surface area contributed by atoms with Gasteiger partial charge in [0, 0.05) is 17.1 Å². The molecule has 1 aromatic heterocycles. The number of rotatable bonds is 5. The van der Waals surface area contributed by atoms with E-state index >= 15 is 0 Å². The van der Waals surface area contributed by atoms with E-state index < -0.39 is 0 Å². The zero-order valence-electron chi connectivity index (χ0n) is 13.7. The van der Waals surface area contributed by atoms with Gasteiger partial charge >= 0.3 is 0 Å². The molecule has 3 aromatic rings. The third-order valence-electron chi connectivity index (χ3n) is 3.56. The first-order valence-electron chi connectivity index (χ1n) is 7.84. The van der Waals surface area contributed by atoms with E-state index in [1.54, 1.807) is 30.3 Å². The Morgan fingerprint density at radius 2 is 2.08 bits per heavy atom. The summed E-state index contributed by atoms with van der Waals surface area (Å²) in [6, 6.07) is 12.6. The molecule has 25 heavy (non-hydrogen) atoms. The van der Waals surface area contributed by atoms with Gasteiger partial charge in [0.15, 0.2) is 4.80 Å². The SMILES string of the molecule is C=CCn1c(=NC(=O)c2ccc(Cl)cc2)sc2cccc(OCC)c21. The number of aromatic nitrogens is 1. The van der Waals surface area contributed by atoms with Gasteiger partial charge in [0.25, 0.3) is 5.91 Å². The summed E-state index contributed by atoms with van der Waals surface area (Å²) in [6.45, 7) is 6.86. The highest BCUT2D eigenvalue weighted by molar-refractivity contribution is 7.16. The fourth-order valence-electron chi connectivity index (χ4n) is 2.50. The van der Waals surface area contributed by atoms with Gasteiger partial charge in [-0.25, -0.2) is 0 Å². The van der Waals surface area contributed by atoms with Crippen molar-refractivity contribution in [1.82, 2.24) is 4.57 Å². The summed E-state index contributed by atoms with van der Waals surface area (Å²) in [5.41, 5.74) is 1.42. The first kappa shape index (κ1) is 17.5. The maximum Gasteiger partial charge on any atom is 0.279 e. The fourth-order valence-corrected chi connectivity index (χ4v) is 3.68. The van der Waals surface area contributed by atoms with E-state index in [9.17, 15) is 4.79 Å². The molecule has 0 bridgehead atoms. The van der Waals surface area contributed by atoms with Gasteiger partial charge in [-0.1, -0.05) is 35.1 Å². The molecule has 2 aromatic carbocycles. The van der Waals surface area contributed by atoms with E-state index in [1.807, 2.05) is 29.7 Å². The highest BCUT2D eigenvalue weighted by Crippen LogP contribution is 2.27. The second-order valence-corrected chi connectivity index (χ2v) is 6.69. The van der Waals surface area contributed by atoms with Crippen molar-refractivity contribution < 1.29 is 9.53 Å². The van der Waals surface area contributed by atoms with Gasteiger partial charge in [-0.2, -0.15) is 4.99 Å². The molecule has 6 heteroatoms. The van der Waals surface area contributed by atoms with Gasteiger partial charge in [0.1, 0.15) is 11.3 Å². The lowest BCUT2D eigenvalue weighted by atomic mass is 10.2. The van der Waals surface area contributed by atoms with Crippen molar-refractivity contribution in [1.29, 1.82) is 0 Å². The second kappa shape index (κ2) is 7.68. The lowest BCUT2D eigenvalue weighted by Gasteiger charge is -2.07. The molecule has 1 heterocycles. The average molecular weight is 373 g/mol. The molecule has 0 aliphatic carbocycles. The summed E-state index contributed by atoms with van der Waals surface area (Å²) < 4.78 is 8.69. The summed E-state index contributed by atoms with van der Waals surface area (Å²) in [5, 5.41) is 0.585. The Morgan fingerprint density at radius 1 is 1.32 bits per heavy atom. The number of nitrogens with zero attached hydrogens (tertiary/aromatic N) is 2. The molecule has 0 aliphatic rings. The molecule has 3 rings (SSSR count). The van der Waals surface area contributed by atoms with Crippen molar-refractivity contribution in [3.8, 4) is 5.75 Å². The zero-order valence-corrected chi connectivity index (χ0v) is 15.3. The minimum absolute atomic E-state index is 0.306. The van der Waals surface area contributed by atoms with E-state index in [2.05, 4.69) is 11.6 Å². The number of benzene rings is 2. The van der Waals surface area contributed by atoms with Crippen LogP contribution >= 0.6 is 22.9 Å². The molecule has 0 spiro atoms. The van der Waals surface area contributed by atoms with Crippen LogP contribution in [0, 0.1) is 0 Å². The monoisotopic (exact) mass is 372 g/mol. The van der Waals surface area contributed by atoms with Crippen LogP contribution in [0.25, 0.3) is 10.2 Å². The maximum absolute atomic E-state index is 12.5. The summed E-state index contributed by atoms with van der Waals surface area (Å²) in [4.78, 5) is 17.4. The number of carbonyl (C=O) groups excluding carboxylic acids is 1. The molecular formula is C19H17ClN2O2S. The number of para-hydroxylation sites is 1. The summed E-state index contributed by atoms with van der Waals surface area (Å²) in [5.74, 6) is 0.470. The number of ether oxygens (including phenoxy) is 1. The number of halogens is 1. The van der Waals surface area contributed by atoms with Gasteiger partial charge in [0.05, 0.1) is 11.3 Å². The Morgan fingerprint density at radius 3 is 2.76 bits per heavy atom. The predicted molar refractivity (Wildman–Crippen MR) is 103 cm³/mol. The Hall–Kier alpha value is -2.37. The number of hydrogen-bond acceptors (Lipinski definition) is 3. The van der Waals surface area contributed by atoms with Crippen LogP contribution in [-0.4, -0.2) is 17.1 Å². The number of fused-ring (bicyclic) bond motifs is 1. The largest absolute Gasteiger partial charge is 0.492 e. The third kappa shape index (κ3) is 3.67. The van der Waals surface area contributed by atoms with Gasteiger partial charge in [-0.15, -0.1) is 6.58 Å². The highest BCUT2D eigenvalue weighted by Gasteiger charge is 2.12. The summed E-state index contributed by atoms with van der Waals surface area (Å²) >= 11 is 7.33. The number of amides is 1. The van der Waals surface area contributed by atoms with Crippen LogP contribution in [0.3, 0.4) is 0 Å². The van der Waals surface area contributed by atoms with Crippen LogP contribution < -0.4 is 9.54 Å². The quantitative estimate of drug-likeness (QED) is 0.610. The predicted octanol–water partition coefficient (Wildman–Crippen LogP) is 4.68. The Kier molecular flexibility index (Phi) is 5.36. The molecule has 1 amide bonds. The van der Waals surface area contributed by atoms with Crippen molar-refractivity contribution >= 4 is 39.1 Å². The number of hydrogen-bond donors (Lipinski definition) is 0. The maximum atomic E-state index is 12.5. The topological polar surface area (TPSA) is 43.6 Å². The molecule has 0 radical (unpaired) electrons. The average Bonchev–Trinajstić information content (AvgIpc) is 2.94. The van der Waals surface area contributed by atoms with Crippen molar-refractivity contribution in [3.63, 3.8) is 0 Å². The van der Waals surface area contributed by atoms with E-state index in [4.69, 9.17) is 16.3 Å². The van der Waals surface area contributed by atoms with Crippen LogP contribution in [0.1, 0.15) is 17.3 Å². The molecule has 0 fully saturated rings. The van der Waals surface area contributed by atoms with Gasteiger partial charge < -0.3 is 9.30 Å². The Balaban J connectivity index is 2.16. The van der Waals surface area contributed by atoms with Gasteiger partial charge in [-0.3, -0.25) is 4.79 Å². The first-order valence-corrected chi connectivity index (χ1v) is 9.04. The van der Waals surface area contributed by atoms with Gasteiger partial charge in [-0.05, 0) is 43.3 Å². The van der Waals surface area contributed by atoms with Crippen molar-refractivity contribution in [2.75, 3.05) is 6.61 Å². The van der Waals surface area contributed by atoms with Crippen LogP contribution in [0.4, 0.5) is 0 Å². The molecular weight excluding hydrogens is 356 g/mol. The van der Waals surface area contributed by atoms with Gasteiger partial charge in [0.2, 0.25) is 0 Å². The third-order valence-corrected chi connectivity index (χ3v) is 4.86. The smallest absolute Gasteiger partial charge is 0.279 e. The molecule has 128 valence electrons. The standard InChI is InChI=1S/C19H17ClN2O2S/c1-3-12-22-17-15(24-4-2)6-5-7-16(17)25-19(22)21-18(23)13-8-10-14(20)11-9-13/h3,5-11H,1,4,12H2,2H3. The molecule has 0 unspecified atom stereocenters. The first-order chi connectivity index (χ1) is 12.1. The molecule has 0 saturated heterocycles. The molecule has 0 N–H and O–H groups in total. The number of carbonyl (C=O) groups is 1. The van der Waals surface area contributed by atoms with E-state index in [1.165, 1.54) is 11.3 Å². The normalized spacial score (nSPS) is 11.7.